The third-order valence-corrected chi connectivity index (χ3v) is 3.53. The van der Waals surface area contributed by atoms with E-state index in [4.69, 9.17) is 18.9 Å². The maximum atomic E-state index is 12.1. The van der Waals surface area contributed by atoms with Gasteiger partial charge in [-0.15, -0.1) is 0 Å². The van der Waals surface area contributed by atoms with Gasteiger partial charge in [-0.1, -0.05) is 24.8 Å². The van der Waals surface area contributed by atoms with Crippen LogP contribution in [0.2, 0.25) is 0 Å². The highest BCUT2D eigenvalue weighted by atomic mass is 16.9. The van der Waals surface area contributed by atoms with Crippen LogP contribution >= 0.6 is 0 Å². The number of hydrogen-bond acceptors (Lipinski definition) is 5. The van der Waals surface area contributed by atoms with E-state index >= 15 is 0 Å². The highest BCUT2D eigenvalue weighted by Crippen LogP contribution is 2.47. The minimum Gasteiger partial charge on any atom is -0.428 e. The van der Waals surface area contributed by atoms with E-state index in [0.717, 1.165) is 0 Å². The Hall–Kier alpha value is -1.69. The predicted molar refractivity (Wildman–Crippen MR) is 74.3 cm³/mol. The Bertz CT molecular complexity index is 580. The van der Waals surface area contributed by atoms with Gasteiger partial charge in [-0.25, -0.2) is 4.79 Å². The molecule has 2 heterocycles. The van der Waals surface area contributed by atoms with Crippen LogP contribution in [-0.2, 0) is 18.9 Å². The van der Waals surface area contributed by atoms with Crippen molar-refractivity contribution in [2.75, 3.05) is 0 Å². The zero-order valence-corrected chi connectivity index (χ0v) is 12.3. The quantitative estimate of drug-likeness (QED) is 0.619. The monoisotopic (exact) mass is 290 g/mol. The summed E-state index contributed by atoms with van der Waals surface area (Å²) in [7, 11) is 0. The van der Waals surface area contributed by atoms with Gasteiger partial charge >= 0.3 is 5.97 Å². The molecule has 0 radical (unpaired) electrons. The molecule has 21 heavy (non-hydrogen) atoms. The molecule has 0 aliphatic carbocycles. The van der Waals surface area contributed by atoms with E-state index < -0.39 is 29.9 Å². The van der Waals surface area contributed by atoms with E-state index in [9.17, 15) is 4.79 Å². The van der Waals surface area contributed by atoms with E-state index in [0.29, 0.717) is 11.1 Å². The van der Waals surface area contributed by atoms with Crippen LogP contribution in [0.4, 0.5) is 0 Å². The van der Waals surface area contributed by atoms with Crippen LogP contribution in [0.5, 0.6) is 0 Å². The second-order valence-electron chi connectivity index (χ2n) is 5.81. The second-order valence-corrected chi connectivity index (χ2v) is 5.81. The second kappa shape index (κ2) is 4.66. The van der Waals surface area contributed by atoms with Crippen molar-refractivity contribution < 1.29 is 23.7 Å². The van der Waals surface area contributed by atoms with Crippen LogP contribution in [0.25, 0.3) is 0 Å². The summed E-state index contributed by atoms with van der Waals surface area (Å²) in [5.74, 6) is -2.21. The highest BCUT2D eigenvalue weighted by molar-refractivity contribution is 5.89. The molecule has 1 aromatic carbocycles. The molecule has 0 spiro atoms. The van der Waals surface area contributed by atoms with E-state index in [1.807, 2.05) is 6.07 Å². The lowest BCUT2D eigenvalue weighted by molar-refractivity contribution is -0.273. The van der Waals surface area contributed by atoms with Crippen LogP contribution in [-0.4, -0.2) is 29.9 Å². The Morgan fingerprint density at radius 2 is 1.86 bits per heavy atom. The number of ether oxygens (including phenoxy) is 4. The molecule has 0 N–H and O–H groups in total. The van der Waals surface area contributed by atoms with Gasteiger partial charge in [0, 0.05) is 5.57 Å². The number of fused-ring (bicyclic) bond motifs is 1. The van der Waals surface area contributed by atoms with Crippen LogP contribution in [0.15, 0.2) is 42.5 Å². The lowest BCUT2D eigenvalue weighted by Gasteiger charge is -2.24. The average molecular weight is 290 g/mol. The minimum atomic E-state index is -0.984. The molecule has 3 rings (SSSR count). The Kier molecular flexibility index (Phi) is 3.16. The summed E-state index contributed by atoms with van der Waals surface area (Å²) in [5.41, 5.74) is 1.01. The van der Waals surface area contributed by atoms with Crippen molar-refractivity contribution in [3.05, 3.63) is 48.0 Å². The third-order valence-electron chi connectivity index (χ3n) is 3.53. The molecule has 5 heteroatoms. The summed E-state index contributed by atoms with van der Waals surface area (Å²) in [6.45, 7) is 9.29. The number of carbonyl (C=O) groups is 1. The summed E-state index contributed by atoms with van der Waals surface area (Å²) >= 11 is 0. The fraction of sp³-hybridized carbons (Fsp3) is 0.438. The summed E-state index contributed by atoms with van der Waals surface area (Å²) in [5, 5.41) is 0. The van der Waals surface area contributed by atoms with Crippen molar-refractivity contribution in [3.8, 4) is 0 Å². The van der Waals surface area contributed by atoms with Crippen molar-refractivity contribution in [1.82, 2.24) is 0 Å². The Morgan fingerprint density at radius 3 is 2.48 bits per heavy atom. The molecule has 5 nitrogen and oxygen atoms in total. The molecule has 0 aromatic heterocycles. The Balaban J connectivity index is 1.73. The molecule has 0 amide bonds. The van der Waals surface area contributed by atoms with Gasteiger partial charge in [-0.2, -0.15) is 0 Å². The van der Waals surface area contributed by atoms with Crippen LogP contribution < -0.4 is 0 Å². The molecule has 3 atom stereocenters. The van der Waals surface area contributed by atoms with Gasteiger partial charge in [0.2, 0.25) is 12.1 Å². The molecule has 1 aromatic rings. The topological polar surface area (TPSA) is 54.0 Å². The van der Waals surface area contributed by atoms with E-state index in [1.165, 1.54) is 0 Å². The molecule has 2 aliphatic rings. The van der Waals surface area contributed by atoms with E-state index in [1.54, 1.807) is 45.0 Å². The van der Waals surface area contributed by atoms with Crippen LogP contribution in [0.1, 0.15) is 31.1 Å². The first-order chi connectivity index (χ1) is 9.81. The maximum absolute atomic E-state index is 12.1. The first kappa shape index (κ1) is 14.3. The summed E-state index contributed by atoms with van der Waals surface area (Å²) in [6.07, 6.45) is -1.33. The molecule has 0 saturated carbocycles. The SMILES string of the molecule is C=C1[C@H](OC(=O)c2ccccc2)O[C@]2(C)OC(C)(C)O[C@H]12. The fourth-order valence-electron chi connectivity index (χ4n) is 2.71. The predicted octanol–water partition coefficient (Wildman–Crippen LogP) is 2.62. The average Bonchev–Trinajstić information content (AvgIpc) is 2.78. The third kappa shape index (κ3) is 2.48. The van der Waals surface area contributed by atoms with Gasteiger partial charge < -0.3 is 18.9 Å². The standard InChI is InChI=1S/C16H18O5/c1-10-12-16(4,21-15(2,3)19-12)20-14(10)18-13(17)11-8-6-5-7-9-11/h5-9,12,14H,1H2,2-4H3/t12-,14-,16-/m1/s1. The molecular formula is C16H18O5. The highest BCUT2D eigenvalue weighted by Gasteiger charge is 2.60. The Labute approximate surface area is 123 Å². The van der Waals surface area contributed by atoms with Gasteiger partial charge in [0.05, 0.1) is 5.56 Å². The number of rotatable bonds is 2. The normalized spacial score (nSPS) is 33.8. The molecule has 2 aliphatic heterocycles. The zero-order chi connectivity index (χ0) is 15.3. The van der Waals surface area contributed by atoms with Crippen molar-refractivity contribution in [1.29, 1.82) is 0 Å². The minimum absolute atomic E-state index is 0.457. The molecule has 2 fully saturated rings. The van der Waals surface area contributed by atoms with Crippen molar-refractivity contribution >= 4 is 5.97 Å². The van der Waals surface area contributed by atoms with Gasteiger partial charge in [-0.05, 0) is 32.9 Å². The first-order valence-corrected chi connectivity index (χ1v) is 6.81. The first-order valence-electron chi connectivity index (χ1n) is 6.81. The van der Waals surface area contributed by atoms with Crippen LogP contribution in [0, 0.1) is 0 Å². The van der Waals surface area contributed by atoms with Gasteiger partial charge in [0.1, 0.15) is 6.10 Å². The van der Waals surface area contributed by atoms with Crippen molar-refractivity contribution in [2.45, 2.75) is 44.7 Å². The molecular weight excluding hydrogens is 272 g/mol. The van der Waals surface area contributed by atoms with Gasteiger partial charge in [0.25, 0.3) is 0 Å². The summed E-state index contributed by atoms with van der Waals surface area (Å²) < 4.78 is 22.6. The number of esters is 1. The fourth-order valence-corrected chi connectivity index (χ4v) is 2.71. The van der Waals surface area contributed by atoms with E-state index in [2.05, 4.69) is 6.58 Å². The van der Waals surface area contributed by atoms with Gasteiger partial charge in [-0.3, -0.25) is 0 Å². The van der Waals surface area contributed by atoms with Crippen molar-refractivity contribution in [3.63, 3.8) is 0 Å². The largest absolute Gasteiger partial charge is 0.428 e. The van der Waals surface area contributed by atoms with Crippen molar-refractivity contribution in [2.24, 2.45) is 0 Å². The number of benzene rings is 1. The number of carbonyl (C=O) groups excluding carboxylic acids is 1. The smallest absolute Gasteiger partial charge is 0.340 e. The lowest BCUT2D eigenvalue weighted by atomic mass is 10.1. The van der Waals surface area contributed by atoms with Crippen LogP contribution in [0.3, 0.4) is 0 Å². The Morgan fingerprint density at radius 1 is 1.19 bits per heavy atom. The van der Waals surface area contributed by atoms with Gasteiger partial charge in [0.15, 0.2) is 5.79 Å². The number of hydrogen-bond donors (Lipinski definition) is 0. The van der Waals surface area contributed by atoms with E-state index in [-0.39, 0.29) is 0 Å². The molecule has 2 saturated heterocycles. The zero-order valence-electron chi connectivity index (χ0n) is 12.3. The summed E-state index contributed by atoms with van der Waals surface area (Å²) in [4.78, 5) is 12.1. The maximum Gasteiger partial charge on any atom is 0.340 e. The molecule has 112 valence electrons. The lowest BCUT2D eigenvalue weighted by Crippen LogP contribution is -2.35. The molecule has 0 bridgehead atoms. The summed E-state index contributed by atoms with van der Waals surface area (Å²) in [6, 6.07) is 8.73. The molecule has 0 unspecified atom stereocenters.